The fraction of sp³-hybridized carbons (Fsp3) is 0.667. The third kappa shape index (κ3) is 7.42. The van der Waals surface area contributed by atoms with Crippen molar-refractivity contribution in [2.24, 2.45) is 4.99 Å². The normalized spacial score (nSPS) is 20.4. The Morgan fingerprint density at radius 3 is 2.34 bits per heavy atom. The minimum atomic E-state index is 0.214. The van der Waals surface area contributed by atoms with Gasteiger partial charge in [0.1, 0.15) is 0 Å². The van der Waals surface area contributed by atoms with Gasteiger partial charge in [0.15, 0.2) is 5.96 Å². The van der Waals surface area contributed by atoms with Gasteiger partial charge in [0, 0.05) is 50.8 Å². The van der Waals surface area contributed by atoms with E-state index in [0.29, 0.717) is 6.54 Å². The van der Waals surface area contributed by atoms with Crippen LogP contribution in [0.25, 0.3) is 0 Å². The number of benzene rings is 1. The van der Waals surface area contributed by atoms with Gasteiger partial charge in [-0.1, -0.05) is 23.7 Å². The van der Waals surface area contributed by atoms with Gasteiger partial charge in [0.25, 0.3) is 0 Å². The molecule has 8 heteroatoms. The van der Waals surface area contributed by atoms with Gasteiger partial charge in [-0.3, -0.25) is 14.8 Å². The van der Waals surface area contributed by atoms with E-state index in [2.05, 4.69) is 39.5 Å². The van der Waals surface area contributed by atoms with Crippen LogP contribution in [0.15, 0.2) is 29.3 Å². The molecular weight excluding hydrogens is 390 g/mol. The lowest BCUT2D eigenvalue weighted by Gasteiger charge is -2.34. The molecule has 2 N–H and O–H groups in total. The number of rotatable bonds is 8. The van der Waals surface area contributed by atoms with Crippen molar-refractivity contribution in [2.45, 2.75) is 13.0 Å². The van der Waals surface area contributed by atoms with Crippen molar-refractivity contribution < 1.29 is 9.47 Å². The molecule has 3 rings (SSSR count). The standard InChI is InChI=1S/C21H34ClN5O2/c1-2-23-21(24-7-8-26-9-13-28-14-10-26)25-17-20(27-11-15-29-16-12-27)18-3-5-19(22)6-4-18/h3-6,20H,2,7-17H2,1H3,(H2,23,24,25). The summed E-state index contributed by atoms with van der Waals surface area (Å²) in [7, 11) is 0. The molecule has 1 atom stereocenters. The first-order chi connectivity index (χ1) is 14.3. The minimum absolute atomic E-state index is 0.214. The Balaban J connectivity index is 1.61. The van der Waals surface area contributed by atoms with Gasteiger partial charge in [-0.25, -0.2) is 0 Å². The molecule has 0 spiro atoms. The number of aliphatic imine (C=N–C) groups is 1. The second-order valence-electron chi connectivity index (χ2n) is 7.32. The highest BCUT2D eigenvalue weighted by molar-refractivity contribution is 6.30. The summed E-state index contributed by atoms with van der Waals surface area (Å²) in [6, 6.07) is 8.35. The molecule has 7 nitrogen and oxygen atoms in total. The van der Waals surface area contributed by atoms with Gasteiger partial charge in [-0.05, 0) is 24.6 Å². The molecule has 0 saturated carbocycles. The monoisotopic (exact) mass is 423 g/mol. The van der Waals surface area contributed by atoms with Gasteiger partial charge >= 0.3 is 0 Å². The molecule has 2 aliphatic heterocycles. The average molecular weight is 424 g/mol. The molecule has 0 aromatic heterocycles. The maximum atomic E-state index is 6.10. The quantitative estimate of drug-likeness (QED) is 0.489. The van der Waals surface area contributed by atoms with Crippen molar-refractivity contribution in [1.82, 2.24) is 20.4 Å². The SMILES string of the molecule is CCNC(=NCC(c1ccc(Cl)cc1)N1CCOCC1)NCCN1CCOCC1. The highest BCUT2D eigenvalue weighted by atomic mass is 35.5. The maximum Gasteiger partial charge on any atom is 0.191 e. The summed E-state index contributed by atoms with van der Waals surface area (Å²) >= 11 is 6.10. The van der Waals surface area contributed by atoms with Crippen LogP contribution in [0, 0.1) is 0 Å². The van der Waals surface area contributed by atoms with E-state index in [-0.39, 0.29) is 6.04 Å². The largest absolute Gasteiger partial charge is 0.379 e. The van der Waals surface area contributed by atoms with E-state index in [1.165, 1.54) is 5.56 Å². The first-order valence-electron chi connectivity index (χ1n) is 10.7. The van der Waals surface area contributed by atoms with Crippen LogP contribution < -0.4 is 10.6 Å². The molecule has 0 amide bonds. The lowest BCUT2D eigenvalue weighted by atomic mass is 10.0. The molecule has 2 fully saturated rings. The molecule has 1 aromatic carbocycles. The van der Waals surface area contributed by atoms with E-state index in [1.54, 1.807) is 0 Å². The zero-order valence-electron chi connectivity index (χ0n) is 17.4. The summed E-state index contributed by atoms with van der Waals surface area (Å²) in [5.74, 6) is 0.869. The topological polar surface area (TPSA) is 61.4 Å². The molecule has 0 bridgehead atoms. The van der Waals surface area contributed by atoms with Crippen LogP contribution in [0.4, 0.5) is 0 Å². The van der Waals surface area contributed by atoms with Crippen molar-refractivity contribution in [1.29, 1.82) is 0 Å². The summed E-state index contributed by atoms with van der Waals surface area (Å²) in [5, 5.41) is 7.61. The van der Waals surface area contributed by atoms with Crippen LogP contribution in [-0.4, -0.2) is 94.5 Å². The van der Waals surface area contributed by atoms with Crippen molar-refractivity contribution >= 4 is 17.6 Å². The highest BCUT2D eigenvalue weighted by Crippen LogP contribution is 2.24. The lowest BCUT2D eigenvalue weighted by molar-refractivity contribution is 0.0179. The van der Waals surface area contributed by atoms with E-state index in [0.717, 1.165) is 83.2 Å². The fourth-order valence-corrected chi connectivity index (χ4v) is 3.81. The van der Waals surface area contributed by atoms with Crippen LogP contribution in [-0.2, 0) is 9.47 Å². The molecule has 162 valence electrons. The van der Waals surface area contributed by atoms with Crippen molar-refractivity contribution in [3.05, 3.63) is 34.9 Å². The molecule has 2 heterocycles. The number of halogens is 1. The zero-order valence-corrected chi connectivity index (χ0v) is 18.2. The first-order valence-corrected chi connectivity index (χ1v) is 11.0. The van der Waals surface area contributed by atoms with Crippen LogP contribution in [0.5, 0.6) is 0 Å². The van der Waals surface area contributed by atoms with Gasteiger partial charge in [-0.2, -0.15) is 0 Å². The Labute approximate surface area is 179 Å². The van der Waals surface area contributed by atoms with Gasteiger partial charge in [-0.15, -0.1) is 0 Å². The molecule has 2 aliphatic rings. The second-order valence-corrected chi connectivity index (χ2v) is 7.75. The second kappa shape index (κ2) is 12.3. The molecule has 1 unspecified atom stereocenters. The number of morpholine rings is 2. The van der Waals surface area contributed by atoms with Crippen LogP contribution in [0.1, 0.15) is 18.5 Å². The van der Waals surface area contributed by atoms with E-state index in [9.17, 15) is 0 Å². The van der Waals surface area contributed by atoms with Crippen molar-refractivity contribution in [3.8, 4) is 0 Å². The van der Waals surface area contributed by atoms with E-state index in [4.69, 9.17) is 26.1 Å². The Hall–Kier alpha value is -1.38. The third-order valence-electron chi connectivity index (χ3n) is 5.33. The highest BCUT2D eigenvalue weighted by Gasteiger charge is 2.22. The summed E-state index contributed by atoms with van der Waals surface area (Å²) in [4.78, 5) is 9.78. The molecule has 1 aromatic rings. The summed E-state index contributed by atoms with van der Waals surface area (Å²) in [5.41, 5.74) is 1.24. The summed E-state index contributed by atoms with van der Waals surface area (Å²) < 4.78 is 11.0. The Kier molecular flexibility index (Phi) is 9.50. The Morgan fingerprint density at radius 1 is 1.03 bits per heavy atom. The molecular formula is C21H34ClN5O2. The van der Waals surface area contributed by atoms with Crippen LogP contribution >= 0.6 is 11.6 Å². The predicted octanol–water partition coefficient (Wildman–Crippen LogP) is 1.60. The Bertz CT molecular complexity index is 616. The predicted molar refractivity (Wildman–Crippen MR) is 118 cm³/mol. The average Bonchev–Trinajstić information content (AvgIpc) is 2.76. The van der Waals surface area contributed by atoms with Crippen LogP contribution in [0.3, 0.4) is 0 Å². The third-order valence-corrected chi connectivity index (χ3v) is 5.58. The molecule has 0 radical (unpaired) electrons. The maximum absolute atomic E-state index is 6.10. The van der Waals surface area contributed by atoms with E-state index in [1.807, 2.05) is 12.1 Å². The first kappa shape index (κ1) is 22.3. The van der Waals surface area contributed by atoms with Gasteiger partial charge in [0.2, 0.25) is 0 Å². The number of guanidine groups is 1. The smallest absolute Gasteiger partial charge is 0.191 e. The lowest BCUT2D eigenvalue weighted by Crippen LogP contribution is -2.45. The van der Waals surface area contributed by atoms with Crippen molar-refractivity contribution in [2.75, 3.05) is 78.8 Å². The number of nitrogens with one attached hydrogen (secondary N) is 2. The Morgan fingerprint density at radius 2 is 1.69 bits per heavy atom. The summed E-state index contributed by atoms with van der Waals surface area (Å²) in [6.07, 6.45) is 0. The number of nitrogens with zero attached hydrogens (tertiary/aromatic N) is 3. The number of ether oxygens (including phenoxy) is 2. The minimum Gasteiger partial charge on any atom is -0.379 e. The van der Waals surface area contributed by atoms with E-state index < -0.39 is 0 Å². The molecule has 0 aliphatic carbocycles. The van der Waals surface area contributed by atoms with Gasteiger partial charge < -0.3 is 20.1 Å². The fourth-order valence-electron chi connectivity index (χ4n) is 3.68. The summed E-state index contributed by atoms with van der Waals surface area (Å²) in [6.45, 7) is 12.5. The van der Waals surface area contributed by atoms with Crippen LogP contribution in [0.2, 0.25) is 5.02 Å². The van der Waals surface area contributed by atoms with Gasteiger partial charge in [0.05, 0.1) is 39.0 Å². The number of hydrogen-bond acceptors (Lipinski definition) is 5. The zero-order chi connectivity index (χ0) is 20.3. The van der Waals surface area contributed by atoms with E-state index >= 15 is 0 Å². The van der Waals surface area contributed by atoms with Crippen molar-refractivity contribution in [3.63, 3.8) is 0 Å². The molecule has 29 heavy (non-hydrogen) atoms. The molecule has 2 saturated heterocycles. The number of hydrogen-bond donors (Lipinski definition) is 2.